The number of rotatable bonds is 10. The molecule has 4 nitrogen and oxygen atoms in total. The lowest BCUT2D eigenvalue weighted by Crippen LogP contribution is -2.35. The van der Waals surface area contributed by atoms with Gasteiger partial charge in [-0.25, -0.2) is 0 Å². The highest BCUT2D eigenvalue weighted by molar-refractivity contribution is 5.94. The molecule has 4 rings (SSSR count). The molecule has 178 valence electrons. The zero-order chi connectivity index (χ0) is 24.5. The van der Waals surface area contributed by atoms with Crippen LogP contribution in [0, 0.1) is 5.92 Å². The molecule has 0 fully saturated rings. The summed E-state index contributed by atoms with van der Waals surface area (Å²) in [5.41, 5.74) is 9.58. The Balaban J connectivity index is 1.55. The Labute approximate surface area is 207 Å². The summed E-state index contributed by atoms with van der Waals surface area (Å²) in [6.07, 6.45) is 5.43. The normalized spacial score (nSPS) is 13.1. The summed E-state index contributed by atoms with van der Waals surface area (Å²) in [5, 5.41) is 15.5. The summed E-state index contributed by atoms with van der Waals surface area (Å²) in [5.74, 6) is -0.173. The molecule has 4 aromatic carbocycles. The average molecular weight is 465 g/mol. The number of benzene rings is 4. The number of carbonyl (C=O) groups is 1. The van der Waals surface area contributed by atoms with Gasteiger partial charge in [-0.3, -0.25) is 4.79 Å². The first-order valence-electron chi connectivity index (χ1n) is 12.1. The standard InChI is InChI=1S/C31H32N2O2/c32-21-25-9-6-12-29(19-25)31(35)33-30(16-14-26(22-34)17-23-7-2-1-3-8-23)20-24-13-15-27-10-4-5-11-28(27)18-24/h1-16,18-19,26,30,34H,17,20-22,32H2,(H,33,35). The molecule has 4 N–H and O–H groups in total. The number of hydrogen-bond acceptors (Lipinski definition) is 3. The lowest BCUT2D eigenvalue weighted by Gasteiger charge is -2.18. The van der Waals surface area contributed by atoms with E-state index in [1.165, 1.54) is 16.3 Å². The largest absolute Gasteiger partial charge is 0.396 e. The molecule has 4 aromatic rings. The molecule has 0 bridgehead atoms. The first kappa shape index (κ1) is 24.4. The van der Waals surface area contributed by atoms with Crippen molar-refractivity contribution in [2.75, 3.05) is 6.61 Å². The summed E-state index contributed by atoms with van der Waals surface area (Å²) in [6.45, 7) is 0.430. The van der Waals surface area contributed by atoms with E-state index in [2.05, 4.69) is 47.8 Å². The summed E-state index contributed by atoms with van der Waals surface area (Å²) in [6, 6.07) is 32.0. The van der Waals surface area contributed by atoms with Gasteiger partial charge in [-0.05, 0) is 52.4 Å². The van der Waals surface area contributed by atoms with E-state index < -0.39 is 0 Å². The van der Waals surface area contributed by atoms with Gasteiger partial charge in [-0.2, -0.15) is 0 Å². The van der Waals surface area contributed by atoms with Crippen molar-refractivity contribution in [1.82, 2.24) is 5.32 Å². The maximum atomic E-state index is 13.1. The van der Waals surface area contributed by atoms with Gasteiger partial charge in [0.15, 0.2) is 0 Å². The Bertz CT molecular complexity index is 1280. The minimum absolute atomic E-state index is 0.0334. The number of nitrogens with one attached hydrogen (secondary N) is 1. The van der Waals surface area contributed by atoms with Gasteiger partial charge in [0.05, 0.1) is 6.04 Å². The molecule has 2 unspecified atom stereocenters. The fourth-order valence-electron chi connectivity index (χ4n) is 4.28. The van der Waals surface area contributed by atoms with Gasteiger partial charge in [0, 0.05) is 24.6 Å². The Hall–Kier alpha value is -3.73. The van der Waals surface area contributed by atoms with Crippen LogP contribution >= 0.6 is 0 Å². The zero-order valence-electron chi connectivity index (χ0n) is 19.8. The maximum absolute atomic E-state index is 13.1. The fourth-order valence-corrected chi connectivity index (χ4v) is 4.28. The molecule has 0 aromatic heterocycles. The average Bonchev–Trinajstić information content (AvgIpc) is 2.91. The molecule has 0 heterocycles. The van der Waals surface area contributed by atoms with Crippen molar-refractivity contribution >= 4 is 16.7 Å². The zero-order valence-corrected chi connectivity index (χ0v) is 19.8. The number of amides is 1. The van der Waals surface area contributed by atoms with E-state index in [4.69, 9.17) is 5.73 Å². The number of nitrogens with two attached hydrogens (primary N) is 1. The minimum atomic E-state index is -0.227. The highest BCUT2D eigenvalue weighted by Gasteiger charge is 2.14. The minimum Gasteiger partial charge on any atom is -0.396 e. The summed E-state index contributed by atoms with van der Waals surface area (Å²) >= 11 is 0. The molecule has 0 saturated carbocycles. The van der Waals surface area contributed by atoms with Crippen molar-refractivity contribution in [3.8, 4) is 0 Å². The lowest BCUT2D eigenvalue weighted by atomic mass is 9.96. The Morgan fingerprint density at radius 2 is 1.51 bits per heavy atom. The second-order valence-electron chi connectivity index (χ2n) is 8.89. The topological polar surface area (TPSA) is 75.4 Å². The molecule has 2 atom stereocenters. The van der Waals surface area contributed by atoms with Crippen molar-refractivity contribution in [2.24, 2.45) is 11.7 Å². The first-order chi connectivity index (χ1) is 17.1. The molecule has 4 heteroatoms. The number of aliphatic hydroxyl groups excluding tert-OH is 1. The van der Waals surface area contributed by atoms with Crippen molar-refractivity contribution in [2.45, 2.75) is 25.4 Å². The van der Waals surface area contributed by atoms with Gasteiger partial charge >= 0.3 is 0 Å². The second kappa shape index (κ2) is 12.1. The summed E-state index contributed by atoms with van der Waals surface area (Å²) in [7, 11) is 0. The molecular formula is C31H32N2O2. The van der Waals surface area contributed by atoms with E-state index in [0.717, 1.165) is 17.5 Å². The van der Waals surface area contributed by atoms with E-state index in [9.17, 15) is 9.90 Å². The van der Waals surface area contributed by atoms with Crippen LogP contribution in [-0.2, 0) is 19.4 Å². The molecule has 0 saturated heterocycles. The van der Waals surface area contributed by atoms with Crippen LogP contribution < -0.4 is 11.1 Å². The third kappa shape index (κ3) is 6.89. The number of carbonyl (C=O) groups excluding carboxylic acids is 1. The number of aliphatic hydroxyl groups is 1. The number of fused-ring (bicyclic) bond motifs is 1. The molecule has 1 amide bonds. The van der Waals surface area contributed by atoms with Crippen LogP contribution in [0.25, 0.3) is 10.8 Å². The monoisotopic (exact) mass is 464 g/mol. The van der Waals surface area contributed by atoms with Crippen molar-refractivity contribution in [3.05, 3.63) is 131 Å². The van der Waals surface area contributed by atoms with Crippen LogP contribution in [0.4, 0.5) is 0 Å². The van der Waals surface area contributed by atoms with E-state index in [-0.39, 0.29) is 24.5 Å². The van der Waals surface area contributed by atoms with Crippen LogP contribution in [0.15, 0.2) is 109 Å². The highest BCUT2D eigenvalue weighted by Crippen LogP contribution is 2.18. The SMILES string of the molecule is NCc1cccc(C(=O)NC(C=CC(CO)Cc2ccccc2)Cc2ccc3ccccc3c2)c1. The van der Waals surface area contributed by atoms with Gasteiger partial charge in [0.25, 0.3) is 5.91 Å². The van der Waals surface area contributed by atoms with Crippen LogP contribution in [0.2, 0.25) is 0 Å². The van der Waals surface area contributed by atoms with Gasteiger partial charge < -0.3 is 16.2 Å². The predicted molar refractivity (Wildman–Crippen MR) is 143 cm³/mol. The maximum Gasteiger partial charge on any atom is 0.251 e. The molecule has 35 heavy (non-hydrogen) atoms. The quantitative estimate of drug-likeness (QED) is 0.288. The third-order valence-electron chi connectivity index (χ3n) is 6.20. The van der Waals surface area contributed by atoms with Gasteiger partial charge in [-0.15, -0.1) is 0 Å². The fraction of sp³-hybridized carbons (Fsp3) is 0.194. The third-order valence-corrected chi connectivity index (χ3v) is 6.20. The second-order valence-corrected chi connectivity index (χ2v) is 8.89. The highest BCUT2D eigenvalue weighted by atomic mass is 16.3. The number of hydrogen-bond donors (Lipinski definition) is 3. The molecular weight excluding hydrogens is 432 g/mol. The molecule has 0 aliphatic carbocycles. The van der Waals surface area contributed by atoms with Crippen LogP contribution in [0.3, 0.4) is 0 Å². The molecule has 0 radical (unpaired) electrons. The molecule has 0 aliphatic heterocycles. The van der Waals surface area contributed by atoms with E-state index in [1.807, 2.05) is 60.7 Å². The van der Waals surface area contributed by atoms with Crippen LogP contribution in [0.5, 0.6) is 0 Å². The predicted octanol–water partition coefficient (Wildman–Crippen LogP) is 5.05. The smallest absolute Gasteiger partial charge is 0.251 e. The van der Waals surface area contributed by atoms with Crippen molar-refractivity contribution in [1.29, 1.82) is 0 Å². The van der Waals surface area contributed by atoms with Crippen LogP contribution in [-0.4, -0.2) is 23.7 Å². The molecule has 0 spiro atoms. The van der Waals surface area contributed by atoms with Gasteiger partial charge in [-0.1, -0.05) is 97.1 Å². The summed E-state index contributed by atoms with van der Waals surface area (Å²) < 4.78 is 0. The Morgan fingerprint density at radius 1 is 0.771 bits per heavy atom. The van der Waals surface area contributed by atoms with Crippen molar-refractivity contribution in [3.63, 3.8) is 0 Å². The Morgan fingerprint density at radius 3 is 2.29 bits per heavy atom. The lowest BCUT2D eigenvalue weighted by molar-refractivity contribution is 0.0944. The first-order valence-corrected chi connectivity index (χ1v) is 12.1. The Kier molecular flexibility index (Phi) is 8.44. The van der Waals surface area contributed by atoms with E-state index in [0.29, 0.717) is 18.5 Å². The van der Waals surface area contributed by atoms with Crippen LogP contribution in [0.1, 0.15) is 27.0 Å². The van der Waals surface area contributed by atoms with Gasteiger partial charge in [0.2, 0.25) is 0 Å². The summed E-state index contributed by atoms with van der Waals surface area (Å²) in [4.78, 5) is 13.1. The van der Waals surface area contributed by atoms with Crippen molar-refractivity contribution < 1.29 is 9.90 Å². The molecule has 0 aliphatic rings. The van der Waals surface area contributed by atoms with Gasteiger partial charge in [0.1, 0.15) is 0 Å². The van der Waals surface area contributed by atoms with E-state index >= 15 is 0 Å². The van der Waals surface area contributed by atoms with E-state index in [1.54, 1.807) is 6.07 Å².